The lowest BCUT2D eigenvalue weighted by molar-refractivity contribution is -0.123. The number of hydrogen-bond donors (Lipinski definition) is 1. The highest BCUT2D eigenvalue weighted by molar-refractivity contribution is 5.78. The quantitative estimate of drug-likeness (QED) is 0.840. The van der Waals surface area contributed by atoms with Gasteiger partial charge in [0.1, 0.15) is 11.5 Å². The van der Waals surface area contributed by atoms with Crippen molar-refractivity contribution < 1.29 is 14.3 Å². The number of primary amides is 1. The Hall–Kier alpha value is -1.71. The smallest absolute Gasteiger partial charge is 0.258 e. The highest BCUT2D eigenvalue weighted by atomic mass is 16.5. The summed E-state index contributed by atoms with van der Waals surface area (Å²) in [4.78, 5) is 10.9. The number of hydrogen-bond acceptors (Lipinski definition) is 3. The second-order valence-corrected chi connectivity index (χ2v) is 4.74. The van der Waals surface area contributed by atoms with Crippen molar-refractivity contribution in [2.45, 2.75) is 32.3 Å². The van der Waals surface area contributed by atoms with Gasteiger partial charge in [0.2, 0.25) is 0 Å². The highest BCUT2D eigenvalue weighted by Crippen LogP contribution is 2.27. The van der Waals surface area contributed by atoms with Gasteiger partial charge in [-0.3, -0.25) is 4.79 Å². The summed E-state index contributed by atoms with van der Waals surface area (Å²) in [5, 5.41) is 0. The molecule has 2 N–H and O–H groups in total. The van der Waals surface area contributed by atoms with E-state index in [0.717, 1.165) is 18.3 Å². The number of rotatable bonds is 6. The van der Waals surface area contributed by atoms with E-state index in [0.29, 0.717) is 5.75 Å². The van der Waals surface area contributed by atoms with Crippen LogP contribution in [0.3, 0.4) is 0 Å². The van der Waals surface area contributed by atoms with Crippen molar-refractivity contribution in [3.63, 3.8) is 0 Å². The molecule has 1 aromatic rings. The molecule has 1 atom stereocenters. The van der Waals surface area contributed by atoms with Gasteiger partial charge >= 0.3 is 0 Å². The summed E-state index contributed by atoms with van der Waals surface area (Å²) in [5.74, 6) is 1.70. The Morgan fingerprint density at radius 3 is 2.44 bits per heavy atom. The molecule has 0 saturated heterocycles. The van der Waals surface area contributed by atoms with E-state index in [1.807, 2.05) is 12.1 Å². The summed E-state index contributed by atoms with van der Waals surface area (Å²) in [7, 11) is 0. The van der Waals surface area contributed by atoms with Crippen molar-refractivity contribution in [2.24, 2.45) is 11.7 Å². The average Bonchev–Trinajstić information content (AvgIpc) is 2.29. The fourth-order valence-electron chi connectivity index (χ4n) is 1.75. The zero-order valence-electron chi connectivity index (χ0n) is 10.6. The van der Waals surface area contributed by atoms with Crippen LogP contribution < -0.4 is 15.2 Å². The second-order valence-electron chi connectivity index (χ2n) is 4.74. The highest BCUT2D eigenvalue weighted by Gasteiger charge is 2.17. The number of nitrogens with two attached hydrogens (primary N) is 1. The molecule has 0 aliphatic heterocycles. The summed E-state index contributed by atoms with van der Waals surface area (Å²) in [6.45, 7) is 2.42. The van der Waals surface area contributed by atoms with Crippen molar-refractivity contribution in [3.05, 3.63) is 24.3 Å². The van der Waals surface area contributed by atoms with Crippen LogP contribution in [0.2, 0.25) is 0 Å². The van der Waals surface area contributed by atoms with Crippen molar-refractivity contribution in [2.75, 3.05) is 6.61 Å². The van der Waals surface area contributed by atoms with Crippen molar-refractivity contribution in [1.29, 1.82) is 0 Å². The maximum atomic E-state index is 10.9. The van der Waals surface area contributed by atoms with E-state index >= 15 is 0 Å². The molecular weight excluding hydrogens is 230 g/mol. The van der Waals surface area contributed by atoms with E-state index in [1.54, 1.807) is 19.1 Å². The summed E-state index contributed by atoms with van der Waals surface area (Å²) in [6.07, 6.45) is 3.26. The van der Waals surface area contributed by atoms with Gasteiger partial charge in [-0.1, -0.05) is 6.42 Å². The molecule has 0 unspecified atom stereocenters. The topological polar surface area (TPSA) is 61.6 Å². The lowest BCUT2D eigenvalue weighted by atomic mass is 9.86. The van der Waals surface area contributed by atoms with E-state index in [2.05, 4.69) is 0 Å². The fraction of sp³-hybridized carbons (Fsp3) is 0.500. The predicted octanol–water partition coefficient (Wildman–Crippen LogP) is 2.12. The molecule has 2 rings (SSSR count). The Morgan fingerprint density at radius 2 is 1.94 bits per heavy atom. The molecule has 18 heavy (non-hydrogen) atoms. The molecule has 1 amide bonds. The second kappa shape index (κ2) is 5.76. The van der Waals surface area contributed by atoms with Crippen LogP contribution in [0, 0.1) is 5.92 Å². The first-order chi connectivity index (χ1) is 8.65. The van der Waals surface area contributed by atoms with E-state index in [1.165, 1.54) is 19.3 Å². The van der Waals surface area contributed by atoms with Crippen LogP contribution in [-0.2, 0) is 4.79 Å². The first-order valence-corrected chi connectivity index (χ1v) is 6.34. The molecule has 0 radical (unpaired) electrons. The Labute approximate surface area is 107 Å². The number of amides is 1. The van der Waals surface area contributed by atoms with Crippen molar-refractivity contribution in [3.8, 4) is 11.5 Å². The van der Waals surface area contributed by atoms with Crippen LogP contribution in [0.4, 0.5) is 0 Å². The van der Waals surface area contributed by atoms with Crippen molar-refractivity contribution >= 4 is 5.91 Å². The molecule has 1 aliphatic carbocycles. The molecule has 1 saturated carbocycles. The van der Waals surface area contributed by atoms with E-state index in [9.17, 15) is 4.79 Å². The van der Waals surface area contributed by atoms with Gasteiger partial charge in [-0.25, -0.2) is 0 Å². The van der Waals surface area contributed by atoms with Gasteiger partial charge in [0.05, 0.1) is 6.61 Å². The predicted molar refractivity (Wildman–Crippen MR) is 68.6 cm³/mol. The number of benzene rings is 1. The van der Waals surface area contributed by atoms with Gasteiger partial charge in [0, 0.05) is 0 Å². The SMILES string of the molecule is C[C@@H](Oc1ccc(OCC2CCC2)cc1)C(N)=O. The first kappa shape index (κ1) is 12.7. The normalized spacial score (nSPS) is 16.7. The molecular formula is C14H19NO3. The fourth-order valence-corrected chi connectivity index (χ4v) is 1.75. The van der Waals surface area contributed by atoms with Crippen LogP contribution in [0.25, 0.3) is 0 Å². The van der Waals surface area contributed by atoms with Crippen LogP contribution in [-0.4, -0.2) is 18.6 Å². The zero-order valence-corrected chi connectivity index (χ0v) is 10.6. The van der Waals surface area contributed by atoms with Crippen LogP contribution in [0.15, 0.2) is 24.3 Å². The molecule has 4 heteroatoms. The van der Waals surface area contributed by atoms with E-state index in [-0.39, 0.29) is 0 Å². The largest absolute Gasteiger partial charge is 0.493 e. The molecule has 1 aliphatic rings. The number of ether oxygens (including phenoxy) is 2. The minimum atomic E-state index is -0.619. The Kier molecular flexibility index (Phi) is 4.07. The maximum Gasteiger partial charge on any atom is 0.258 e. The average molecular weight is 249 g/mol. The van der Waals surface area contributed by atoms with E-state index in [4.69, 9.17) is 15.2 Å². The minimum Gasteiger partial charge on any atom is -0.493 e. The standard InChI is InChI=1S/C14H19NO3/c1-10(14(15)16)18-13-7-5-12(6-8-13)17-9-11-3-2-4-11/h5-8,10-11H,2-4,9H2,1H3,(H2,15,16)/t10-/m1/s1. The molecule has 0 spiro atoms. The third kappa shape index (κ3) is 3.39. The van der Waals surface area contributed by atoms with Gasteiger partial charge in [-0.15, -0.1) is 0 Å². The number of carbonyl (C=O) groups excluding carboxylic acids is 1. The Balaban J connectivity index is 1.82. The summed E-state index contributed by atoms with van der Waals surface area (Å²) >= 11 is 0. The summed E-state index contributed by atoms with van der Waals surface area (Å²) in [5.41, 5.74) is 5.13. The lowest BCUT2D eigenvalue weighted by Gasteiger charge is -2.25. The van der Waals surface area contributed by atoms with Crippen molar-refractivity contribution in [1.82, 2.24) is 0 Å². The molecule has 0 aromatic heterocycles. The molecule has 98 valence electrons. The molecule has 0 heterocycles. The lowest BCUT2D eigenvalue weighted by Crippen LogP contribution is -2.30. The molecule has 1 aromatic carbocycles. The molecule has 1 fully saturated rings. The Morgan fingerprint density at radius 1 is 1.33 bits per heavy atom. The zero-order chi connectivity index (χ0) is 13.0. The summed E-state index contributed by atoms with van der Waals surface area (Å²) < 4.78 is 11.0. The third-order valence-electron chi connectivity index (χ3n) is 3.25. The monoisotopic (exact) mass is 249 g/mol. The van der Waals surface area contributed by atoms with Gasteiger partial charge < -0.3 is 15.2 Å². The molecule has 4 nitrogen and oxygen atoms in total. The molecule has 0 bridgehead atoms. The third-order valence-corrected chi connectivity index (χ3v) is 3.25. The van der Waals surface area contributed by atoms with Crippen LogP contribution >= 0.6 is 0 Å². The Bertz CT molecular complexity index is 398. The first-order valence-electron chi connectivity index (χ1n) is 6.34. The minimum absolute atomic E-state index is 0.472. The van der Waals surface area contributed by atoms with Crippen LogP contribution in [0.5, 0.6) is 11.5 Å². The number of carbonyl (C=O) groups is 1. The summed E-state index contributed by atoms with van der Waals surface area (Å²) in [6, 6.07) is 7.27. The van der Waals surface area contributed by atoms with E-state index < -0.39 is 12.0 Å². The van der Waals surface area contributed by atoms with Gasteiger partial charge in [-0.2, -0.15) is 0 Å². The van der Waals surface area contributed by atoms with Gasteiger partial charge in [0.15, 0.2) is 6.10 Å². The van der Waals surface area contributed by atoms with Gasteiger partial charge in [0.25, 0.3) is 5.91 Å². The van der Waals surface area contributed by atoms with Gasteiger partial charge in [-0.05, 0) is 49.9 Å². The van der Waals surface area contributed by atoms with Crippen LogP contribution in [0.1, 0.15) is 26.2 Å². The maximum absolute atomic E-state index is 10.9.